The molecule has 0 fully saturated rings. The number of anilines is 2. The molecule has 2 amide bonds. The van der Waals surface area contributed by atoms with Gasteiger partial charge in [0, 0.05) is 10.7 Å². The molecular formula is C26H27ClN4O6S. The van der Waals surface area contributed by atoms with Crippen LogP contribution in [0.1, 0.15) is 11.1 Å². The summed E-state index contributed by atoms with van der Waals surface area (Å²) in [6.07, 6.45) is 2.40. The maximum Gasteiger partial charge on any atom is 0.262 e. The SMILES string of the molecule is COc1ccc(NC(=O)COc2ccc(/C=N/NC(=O)CN(c3ccc(C)c(Cl)c3)S(C)(=O)=O)cc2)cc1. The smallest absolute Gasteiger partial charge is 0.262 e. The number of hydrogen-bond acceptors (Lipinski definition) is 7. The fraction of sp³-hybridized carbons (Fsp3) is 0.192. The maximum atomic E-state index is 12.4. The van der Waals surface area contributed by atoms with E-state index in [9.17, 15) is 18.0 Å². The van der Waals surface area contributed by atoms with Crippen LogP contribution >= 0.6 is 11.6 Å². The Bertz CT molecular complexity index is 1410. The number of nitrogens with one attached hydrogen (secondary N) is 2. The number of hydrogen-bond donors (Lipinski definition) is 2. The van der Waals surface area contributed by atoms with Crippen LogP contribution in [-0.2, 0) is 19.6 Å². The molecule has 0 bridgehead atoms. The second-order valence-corrected chi connectivity index (χ2v) is 10.4. The van der Waals surface area contributed by atoms with Crippen LogP contribution in [0, 0.1) is 6.92 Å². The predicted molar refractivity (Wildman–Crippen MR) is 148 cm³/mol. The average molecular weight is 559 g/mol. The first kappa shape index (κ1) is 28.5. The van der Waals surface area contributed by atoms with Crippen molar-refractivity contribution in [2.75, 3.05) is 36.1 Å². The van der Waals surface area contributed by atoms with Crippen molar-refractivity contribution in [1.29, 1.82) is 0 Å². The number of ether oxygens (including phenoxy) is 2. The lowest BCUT2D eigenvalue weighted by atomic mass is 10.2. The van der Waals surface area contributed by atoms with Crippen LogP contribution < -0.4 is 24.5 Å². The number of hydrazone groups is 1. The summed E-state index contributed by atoms with van der Waals surface area (Å²) in [5.74, 6) is 0.202. The summed E-state index contributed by atoms with van der Waals surface area (Å²) in [5, 5.41) is 6.99. The van der Waals surface area contributed by atoms with E-state index >= 15 is 0 Å². The second-order valence-electron chi connectivity index (χ2n) is 8.13. The van der Waals surface area contributed by atoms with Gasteiger partial charge in [-0.15, -0.1) is 0 Å². The average Bonchev–Trinajstić information content (AvgIpc) is 2.88. The number of rotatable bonds is 11. The first-order valence-corrected chi connectivity index (χ1v) is 13.5. The zero-order valence-electron chi connectivity index (χ0n) is 21.0. The lowest BCUT2D eigenvalue weighted by Gasteiger charge is -2.21. The van der Waals surface area contributed by atoms with Crippen LogP contribution in [0.15, 0.2) is 71.8 Å². The third-order valence-corrected chi connectivity index (χ3v) is 6.71. The lowest BCUT2D eigenvalue weighted by molar-refractivity contribution is -0.119. The Hall–Kier alpha value is -4.09. The van der Waals surface area contributed by atoms with Crippen LogP contribution in [-0.4, -0.2) is 53.0 Å². The van der Waals surface area contributed by atoms with Crippen LogP contribution in [0.2, 0.25) is 5.02 Å². The number of aryl methyl sites for hydroxylation is 1. The molecule has 38 heavy (non-hydrogen) atoms. The van der Waals surface area contributed by atoms with Gasteiger partial charge in [0.05, 0.1) is 25.3 Å². The van der Waals surface area contributed by atoms with Crippen molar-refractivity contribution in [3.05, 3.63) is 82.9 Å². The van der Waals surface area contributed by atoms with E-state index in [0.717, 1.165) is 16.1 Å². The largest absolute Gasteiger partial charge is 0.497 e. The molecule has 2 N–H and O–H groups in total. The number of carbonyl (C=O) groups is 2. The first-order chi connectivity index (χ1) is 18.0. The minimum Gasteiger partial charge on any atom is -0.497 e. The van der Waals surface area contributed by atoms with Crippen molar-refractivity contribution in [3.8, 4) is 11.5 Å². The highest BCUT2D eigenvalue weighted by Gasteiger charge is 2.21. The van der Waals surface area contributed by atoms with E-state index in [-0.39, 0.29) is 18.2 Å². The molecule has 0 radical (unpaired) electrons. The minimum atomic E-state index is -3.74. The molecule has 200 valence electrons. The summed E-state index contributed by atoms with van der Waals surface area (Å²) in [4.78, 5) is 24.5. The Labute approximate surface area is 226 Å². The molecule has 0 aliphatic rings. The lowest BCUT2D eigenvalue weighted by Crippen LogP contribution is -2.39. The molecule has 0 unspecified atom stereocenters. The van der Waals surface area contributed by atoms with E-state index in [1.165, 1.54) is 12.3 Å². The molecule has 3 aromatic rings. The van der Waals surface area contributed by atoms with E-state index in [1.807, 2.05) is 0 Å². The molecule has 0 spiro atoms. The molecule has 12 heteroatoms. The summed E-state index contributed by atoms with van der Waals surface area (Å²) in [7, 11) is -2.18. The summed E-state index contributed by atoms with van der Waals surface area (Å²) in [5.41, 5.74) is 4.64. The predicted octanol–water partition coefficient (Wildman–Crippen LogP) is 3.59. The standard InChI is InChI=1S/C26H27ClN4O6S/c1-18-4-9-21(14-24(18)27)31(38(3,34)35)16-25(32)30-28-15-19-5-10-23(11-6-19)37-17-26(33)29-20-7-12-22(36-2)13-8-20/h4-15H,16-17H2,1-3H3,(H,29,33)(H,30,32)/b28-15+. The summed E-state index contributed by atoms with van der Waals surface area (Å²) in [6, 6.07) is 18.3. The van der Waals surface area contributed by atoms with Crippen LogP contribution in [0.5, 0.6) is 11.5 Å². The van der Waals surface area contributed by atoms with Crippen molar-refractivity contribution < 1.29 is 27.5 Å². The second kappa shape index (κ2) is 12.9. The number of amides is 2. The van der Waals surface area contributed by atoms with Gasteiger partial charge in [0.15, 0.2) is 6.61 Å². The third-order valence-electron chi connectivity index (χ3n) is 5.16. The monoisotopic (exact) mass is 558 g/mol. The third kappa shape index (κ3) is 8.49. The first-order valence-electron chi connectivity index (χ1n) is 11.3. The van der Waals surface area contributed by atoms with Gasteiger partial charge in [0.1, 0.15) is 18.0 Å². The Morgan fingerprint density at radius 2 is 1.66 bits per heavy atom. The Morgan fingerprint density at radius 1 is 1.00 bits per heavy atom. The Kier molecular flexibility index (Phi) is 9.69. The van der Waals surface area contributed by atoms with Crippen molar-refractivity contribution in [2.45, 2.75) is 6.92 Å². The van der Waals surface area contributed by atoms with Crippen LogP contribution in [0.4, 0.5) is 11.4 Å². The van der Waals surface area contributed by atoms with Crippen LogP contribution in [0.25, 0.3) is 0 Å². The molecule has 0 atom stereocenters. The molecule has 10 nitrogen and oxygen atoms in total. The fourth-order valence-electron chi connectivity index (χ4n) is 3.15. The van der Waals surface area contributed by atoms with Crippen molar-refractivity contribution in [2.24, 2.45) is 5.10 Å². The fourth-order valence-corrected chi connectivity index (χ4v) is 4.17. The van der Waals surface area contributed by atoms with E-state index < -0.39 is 22.5 Å². The molecule has 3 aromatic carbocycles. The molecule has 0 aliphatic heterocycles. The van der Waals surface area contributed by atoms with Crippen molar-refractivity contribution in [3.63, 3.8) is 0 Å². The van der Waals surface area contributed by atoms with E-state index in [4.69, 9.17) is 21.1 Å². The molecule has 0 aromatic heterocycles. The zero-order valence-corrected chi connectivity index (χ0v) is 22.5. The van der Waals surface area contributed by atoms with Gasteiger partial charge >= 0.3 is 0 Å². The van der Waals surface area contributed by atoms with Gasteiger partial charge in [-0.2, -0.15) is 5.10 Å². The topological polar surface area (TPSA) is 126 Å². The quantitative estimate of drug-likeness (QED) is 0.273. The van der Waals surface area contributed by atoms with Gasteiger partial charge < -0.3 is 14.8 Å². The molecule has 0 saturated carbocycles. The van der Waals surface area contributed by atoms with Gasteiger partial charge in [-0.3, -0.25) is 13.9 Å². The van der Waals surface area contributed by atoms with Crippen molar-refractivity contribution >= 4 is 51.0 Å². The molecule has 3 rings (SSSR count). The van der Waals surface area contributed by atoms with Crippen LogP contribution in [0.3, 0.4) is 0 Å². The minimum absolute atomic E-state index is 0.182. The number of nitrogens with zero attached hydrogens (tertiary/aromatic N) is 2. The summed E-state index contributed by atoms with van der Waals surface area (Å²) in [6.45, 7) is 1.14. The zero-order chi connectivity index (χ0) is 27.7. The highest BCUT2D eigenvalue weighted by molar-refractivity contribution is 7.92. The van der Waals surface area contributed by atoms with Crippen molar-refractivity contribution in [1.82, 2.24) is 5.43 Å². The number of sulfonamides is 1. The Balaban J connectivity index is 1.49. The number of methoxy groups -OCH3 is 1. The number of halogens is 1. The van der Waals surface area contributed by atoms with Gasteiger partial charge in [-0.25, -0.2) is 13.8 Å². The van der Waals surface area contributed by atoms with Gasteiger partial charge in [0.25, 0.3) is 11.8 Å². The molecular weight excluding hydrogens is 532 g/mol. The molecule has 0 heterocycles. The highest BCUT2D eigenvalue weighted by Crippen LogP contribution is 2.24. The highest BCUT2D eigenvalue weighted by atomic mass is 35.5. The maximum absolute atomic E-state index is 12.4. The Morgan fingerprint density at radius 3 is 2.26 bits per heavy atom. The van der Waals surface area contributed by atoms with E-state index in [1.54, 1.807) is 74.7 Å². The normalized spacial score (nSPS) is 11.2. The van der Waals surface area contributed by atoms with Gasteiger partial charge in [0.2, 0.25) is 10.0 Å². The van der Waals surface area contributed by atoms with E-state index in [2.05, 4.69) is 15.8 Å². The number of carbonyl (C=O) groups excluding carboxylic acids is 2. The van der Waals surface area contributed by atoms with E-state index in [0.29, 0.717) is 27.8 Å². The molecule has 0 saturated heterocycles. The summed E-state index contributed by atoms with van der Waals surface area (Å²) < 4.78 is 36.0. The van der Waals surface area contributed by atoms with Gasteiger partial charge in [-0.05, 0) is 78.7 Å². The van der Waals surface area contributed by atoms with Gasteiger partial charge in [-0.1, -0.05) is 17.7 Å². The number of benzene rings is 3. The molecule has 0 aliphatic carbocycles. The summed E-state index contributed by atoms with van der Waals surface area (Å²) >= 11 is 6.11.